The van der Waals surface area contributed by atoms with Crippen molar-refractivity contribution in [2.45, 2.75) is 6.54 Å². The third-order valence-electron chi connectivity index (χ3n) is 1.65. The van der Waals surface area contributed by atoms with Gasteiger partial charge in [-0.25, -0.2) is 0 Å². The van der Waals surface area contributed by atoms with Crippen LogP contribution in [0.1, 0.15) is 5.56 Å². The van der Waals surface area contributed by atoms with Gasteiger partial charge in [-0.2, -0.15) is 0 Å². The quantitative estimate of drug-likeness (QED) is 0.513. The van der Waals surface area contributed by atoms with Gasteiger partial charge in [0.1, 0.15) is 0 Å². The molecular formula is C8H8BrN3O2. The van der Waals surface area contributed by atoms with Crippen LogP contribution < -0.4 is 4.74 Å². The number of aromatic hydroxyl groups is 1. The lowest BCUT2D eigenvalue weighted by molar-refractivity contribution is 0.372. The van der Waals surface area contributed by atoms with Crippen molar-refractivity contribution in [2.75, 3.05) is 7.11 Å². The van der Waals surface area contributed by atoms with Crippen molar-refractivity contribution in [3.63, 3.8) is 0 Å². The Morgan fingerprint density at radius 2 is 2.36 bits per heavy atom. The summed E-state index contributed by atoms with van der Waals surface area (Å²) in [5.74, 6) is 0.403. The number of phenolic OH excluding ortho intramolecular Hbond substituents is 1. The van der Waals surface area contributed by atoms with E-state index in [0.717, 1.165) is 5.56 Å². The molecule has 0 aromatic heterocycles. The molecule has 5 nitrogen and oxygen atoms in total. The Hall–Kier alpha value is -1.39. The first-order valence-corrected chi connectivity index (χ1v) is 4.54. The maximum absolute atomic E-state index is 9.38. The molecule has 0 radical (unpaired) electrons. The Morgan fingerprint density at radius 1 is 1.64 bits per heavy atom. The van der Waals surface area contributed by atoms with Crippen LogP contribution in [0.3, 0.4) is 0 Å². The van der Waals surface area contributed by atoms with Crippen LogP contribution in [0.2, 0.25) is 0 Å². The second-order valence-electron chi connectivity index (χ2n) is 2.50. The number of rotatable bonds is 3. The van der Waals surface area contributed by atoms with Crippen molar-refractivity contribution in [1.82, 2.24) is 0 Å². The van der Waals surface area contributed by atoms with Crippen LogP contribution in [-0.2, 0) is 6.54 Å². The van der Waals surface area contributed by atoms with Crippen LogP contribution in [0.4, 0.5) is 0 Å². The van der Waals surface area contributed by atoms with E-state index in [1.807, 2.05) is 0 Å². The van der Waals surface area contributed by atoms with Gasteiger partial charge in [0.2, 0.25) is 0 Å². The van der Waals surface area contributed by atoms with Crippen molar-refractivity contribution in [2.24, 2.45) is 5.11 Å². The molecule has 1 rings (SSSR count). The first-order chi connectivity index (χ1) is 6.69. The van der Waals surface area contributed by atoms with Crippen LogP contribution in [0.25, 0.3) is 10.4 Å². The van der Waals surface area contributed by atoms with E-state index in [0.29, 0.717) is 10.2 Å². The zero-order chi connectivity index (χ0) is 10.6. The molecule has 0 aliphatic heterocycles. The zero-order valence-corrected chi connectivity index (χ0v) is 9.02. The molecule has 6 heteroatoms. The lowest BCUT2D eigenvalue weighted by atomic mass is 10.2. The number of hydrogen-bond donors (Lipinski definition) is 1. The van der Waals surface area contributed by atoms with E-state index in [-0.39, 0.29) is 12.3 Å². The molecule has 0 spiro atoms. The second kappa shape index (κ2) is 4.74. The van der Waals surface area contributed by atoms with Gasteiger partial charge < -0.3 is 9.84 Å². The molecule has 14 heavy (non-hydrogen) atoms. The molecule has 74 valence electrons. The van der Waals surface area contributed by atoms with Gasteiger partial charge in [0, 0.05) is 9.38 Å². The number of hydrogen-bond acceptors (Lipinski definition) is 3. The molecule has 0 unspecified atom stereocenters. The molecule has 0 bridgehead atoms. The molecule has 0 aliphatic carbocycles. The number of nitrogens with zero attached hydrogens (tertiary/aromatic N) is 3. The van der Waals surface area contributed by atoms with Crippen LogP contribution in [-0.4, -0.2) is 12.2 Å². The summed E-state index contributed by atoms with van der Waals surface area (Å²) in [6, 6.07) is 3.12. The average molecular weight is 258 g/mol. The molecule has 0 saturated carbocycles. The first kappa shape index (κ1) is 10.7. The minimum atomic E-state index is 0.0454. The van der Waals surface area contributed by atoms with Gasteiger partial charge in [-0.3, -0.25) is 0 Å². The van der Waals surface area contributed by atoms with Gasteiger partial charge in [0.05, 0.1) is 13.7 Å². The molecule has 0 amide bonds. The Balaban J connectivity index is 3.10. The molecule has 0 atom stereocenters. The highest BCUT2D eigenvalue weighted by Gasteiger charge is 2.06. The average Bonchev–Trinajstić information content (AvgIpc) is 2.17. The Morgan fingerprint density at radius 3 is 2.93 bits per heavy atom. The summed E-state index contributed by atoms with van der Waals surface area (Å²) in [7, 11) is 1.46. The maximum atomic E-state index is 9.38. The first-order valence-electron chi connectivity index (χ1n) is 3.75. The summed E-state index contributed by atoms with van der Waals surface area (Å²) in [6.07, 6.45) is 0. The van der Waals surface area contributed by atoms with Crippen molar-refractivity contribution < 1.29 is 9.84 Å². The third kappa shape index (κ3) is 2.31. The fraction of sp³-hybridized carbons (Fsp3) is 0.250. The fourth-order valence-electron chi connectivity index (χ4n) is 0.977. The van der Waals surface area contributed by atoms with Gasteiger partial charge in [-0.1, -0.05) is 21.0 Å². The van der Waals surface area contributed by atoms with Crippen LogP contribution >= 0.6 is 15.9 Å². The number of phenols is 1. The summed E-state index contributed by atoms with van der Waals surface area (Å²) in [6.45, 7) is 0.216. The lowest BCUT2D eigenvalue weighted by Gasteiger charge is -2.07. The number of azide groups is 1. The van der Waals surface area contributed by atoms with Crippen LogP contribution in [0, 0.1) is 0 Å². The number of halogens is 1. The van der Waals surface area contributed by atoms with Crippen LogP contribution in [0.5, 0.6) is 11.5 Å². The largest absolute Gasteiger partial charge is 0.504 e. The van der Waals surface area contributed by atoms with E-state index in [1.54, 1.807) is 6.07 Å². The van der Waals surface area contributed by atoms with Gasteiger partial charge in [0.25, 0.3) is 0 Å². The molecule has 1 N–H and O–H groups in total. The van der Waals surface area contributed by atoms with Crippen molar-refractivity contribution in [3.05, 3.63) is 32.6 Å². The summed E-state index contributed by atoms with van der Waals surface area (Å²) < 4.78 is 5.60. The number of ether oxygens (including phenoxy) is 1. The normalized spacial score (nSPS) is 9.29. The smallest absolute Gasteiger partial charge is 0.160 e. The van der Waals surface area contributed by atoms with Crippen molar-refractivity contribution in [1.29, 1.82) is 0 Å². The van der Waals surface area contributed by atoms with Gasteiger partial charge in [-0.15, -0.1) is 0 Å². The molecule has 0 saturated heterocycles. The molecule has 1 aromatic carbocycles. The van der Waals surface area contributed by atoms with E-state index in [9.17, 15) is 5.11 Å². The van der Waals surface area contributed by atoms with Crippen LogP contribution in [0.15, 0.2) is 21.7 Å². The maximum Gasteiger partial charge on any atom is 0.160 e. The second-order valence-corrected chi connectivity index (χ2v) is 3.36. The summed E-state index contributed by atoms with van der Waals surface area (Å²) in [5, 5.41) is 12.8. The standard InChI is InChI=1S/C8H8BrN3O2/c1-14-8-2-5(4-11-12-10)6(9)3-7(8)13/h2-3,13H,4H2,1H3. The molecule has 0 aliphatic rings. The zero-order valence-electron chi connectivity index (χ0n) is 7.44. The number of benzene rings is 1. The SMILES string of the molecule is COc1cc(CN=[N+]=[N-])c(Br)cc1O. The highest BCUT2D eigenvalue weighted by Crippen LogP contribution is 2.32. The number of methoxy groups -OCH3 is 1. The predicted octanol–water partition coefficient (Wildman–Crippen LogP) is 2.97. The Kier molecular flexibility index (Phi) is 3.62. The van der Waals surface area contributed by atoms with E-state index in [2.05, 4.69) is 26.0 Å². The fourth-order valence-corrected chi connectivity index (χ4v) is 1.43. The molecule has 0 fully saturated rings. The van der Waals surface area contributed by atoms with E-state index < -0.39 is 0 Å². The Bertz CT molecular complexity index is 388. The Labute approximate surface area is 89.1 Å². The minimum Gasteiger partial charge on any atom is -0.504 e. The van der Waals surface area contributed by atoms with Gasteiger partial charge >= 0.3 is 0 Å². The van der Waals surface area contributed by atoms with Gasteiger partial charge in [-0.05, 0) is 23.2 Å². The topological polar surface area (TPSA) is 78.2 Å². The highest BCUT2D eigenvalue weighted by molar-refractivity contribution is 9.10. The predicted molar refractivity (Wildman–Crippen MR) is 55.2 cm³/mol. The van der Waals surface area contributed by atoms with E-state index in [4.69, 9.17) is 10.3 Å². The molecule has 1 aromatic rings. The summed E-state index contributed by atoms with van der Waals surface area (Å²) in [5.41, 5.74) is 8.92. The van der Waals surface area contributed by atoms with E-state index in [1.165, 1.54) is 13.2 Å². The monoisotopic (exact) mass is 257 g/mol. The highest BCUT2D eigenvalue weighted by atomic mass is 79.9. The summed E-state index contributed by atoms with van der Waals surface area (Å²) in [4.78, 5) is 2.65. The van der Waals surface area contributed by atoms with Crippen molar-refractivity contribution >= 4 is 15.9 Å². The van der Waals surface area contributed by atoms with E-state index >= 15 is 0 Å². The van der Waals surface area contributed by atoms with Crippen molar-refractivity contribution in [3.8, 4) is 11.5 Å². The van der Waals surface area contributed by atoms with Gasteiger partial charge in [0.15, 0.2) is 11.5 Å². The molecular weight excluding hydrogens is 250 g/mol. The lowest BCUT2D eigenvalue weighted by Crippen LogP contribution is -1.88. The minimum absolute atomic E-state index is 0.0454. The summed E-state index contributed by atoms with van der Waals surface area (Å²) >= 11 is 3.24. The molecule has 0 heterocycles. The third-order valence-corrected chi connectivity index (χ3v) is 2.39.